The van der Waals surface area contributed by atoms with Crippen LogP contribution in [0.15, 0.2) is 30.3 Å². The number of hydrogen-bond acceptors (Lipinski definition) is 3. The van der Waals surface area contributed by atoms with Gasteiger partial charge in [-0.1, -0.05) is 30.3 Å². The van der Waals surface area contributed by atoms with E-state index in [1.165, 1.54) is 12.0 Å². The molecule has 1 atom stereocenters. The molecule has 100 valence electrons. The van der Waals surface area contributed by atoms with Crippen molar-refractivity contribution in [1.29, 1.82) is 0 Å². The first-order valence-corrected chi connectivity index (χ1v) is 6.76. The Balaban J connectivity index is 1.90. The van der Waals surface area contributed by atoms with Gasteiger partial charge < -0.3 is 10.5 Å². The number of benzene rings is 1. The van der Waals surface area contributed by atoms with Crippen molar-refractivity contribution >= 4 is 0 Å². The minimum absolute atomic E-state index is 0.0664. The summed E-state index contributed by atoms with van der Waals surface area (Å²) in [5.74, 6) is 0. The number of likely N-dealkylation sites (tertiary alicyclic amines) is 1. The molecule has 3 heteroatoms. The van der Waals surface area contributed by atoms with Gasteiger partial charge >= 0.3 is 0 Å². The van der Waals surface area contributed by atoms with Gasteiger partial charge in [0.25, 0.3) is 0 Å². The van der Waals surface area contributed by atoms with Crippen LogP contribution in [0, 0.1) is 0 Å². The van der Waals surface area contributed by atoms with Crippen molar-refractivity contribution in [1.82, 2.24) is 4.90 Å². The molecular formula is C15H24N2O. The Morgan fingerprint density at radius 3 is 2.83 bits per heavy atom. The van der Waals surface area contributed by atoms with E-state index in [2.05, 4.69) is 35.2 Å². The average molecular weight is 248 g/mol. The van der Waals surface area contributed by atoms with E-state index in [1.54, 1.807) is 7.11 Å². The summed E-state index contributed by atoms with van der Waals surface area (Å²) in [6, 6.07) is 10.6. The summed E-state index contributed by atoms with van der Waals surface area (Å²) in [6.45, 7) is 3.90. The lowest BCUT2D eigenvalue weighted by molar-refractivity contribution is 0.103. The van der Waals surface area contributed by atoms with Crippen molar-refractivity contribution in [3.8, 4) is 0 Å². The van der Waals surface area contributed by atoms with E-state index in [9.17, 15) is 0 Å². The Morgan fingerprint density at radius 1 is 1.33 bits per heavy atom. The predicted octanol–water partition coefficient (Wildman–Crippen LogP) is 2.02. The van der Waals surface area contributed by atoms with Crippen molar-refractivity contribution in [3.05, 3.63) is 35.9 Å². The third-order valence-electron chi connectivity index (χ3n) is 3.74. The summed E-state index contributed by atoms with van der Waals surface area (Å²) in [4.78, 5) is 2.47. The fourth-order valence-electron chi connectivity index (χ4n) is 2.74. The fraction of sp³-hybridized carbons (Fsp3) is 0.600. The largest absolute Gasteiger partial charge is 0.385 e. The number of piperidine rings is 1. The summed E-state index contributed by atoms with van der Waals surface area (Å²) in [5.41, 5.74) is 7.77. The van der Waals surface area contributed by atoms with Crippen molar-refractivity contribution in [2.24, 2.45) is 5.73 Å². The molecule has 0 saturated carbocycles. The highest BCUT2D eigenvalue weighted by atomic mass is 16.5. The maximum atomic E-state index is 6.47. The van der Waals surface area contributed by atoms with Gasteiger partial charge in [-0.05, 0) is 31.4 Å². The van der Waals surface area contributed by atoms with Crippen LogP contribution in [-0.2, 0) is 11.3 Å². The Hall–Kier alpha value is -0.900. The maximum absolute atomic E-state index is 6.47. The van der Waals surface area contributed by atoms with Crippen LogP contribution in [-0.4, -0.2) is 37.2 Å². The Kier molecular flexibility index (Phi) is 4.75. The zero-order chi connectivity index (χ0) is 12.8. The minimum atomic E-state index is -0.0664. The topological polar surface area (TPSA) is 38.5 Å². The zero-order valence-electron chi connectivity index (χ0n) is 11.3. The second-order valence-electron chi connectivity index (χ2n) is 5.40. The molecular weight excluding hydrogens is 224 g/mol. The van der Waals surface area contributed by atoms with Gasteiger partial charge in [0.2, 0.25) is 0 Å². The number of hydrogen-bond donors (Lipinski definition) is 1. The summed E-state index contributed by atoms with van der Waals surface area (Å²) in [6.07, 6.45) is 3.25. The molecule has 2 rings (SSSR count). The van der Waals surface area contributed by atoms with E-state index in [0.29, 0.717) is 0 Å². The minimum Gasteiger partial charge on any atom is -0.385 e. The fourth-order valence-corrected chi connectivity index (χ4v) is 2.74. The lowest BCUT2D eigenvalue weighted by atomic mass is 9.87. The van der Waals surface area contributed by atoms with Crippen LogP contribution in [0.3, 0.4) is 0 Å². The highest BCUT2D eigenvalue weighted by molar-refractivity contribution is 5.14. The van der Waals surface area contributed by atoms with Gasteiger partial charge in [0, 0.05) is 32.3 Å². The first-order valence-electron chi connectivity index (χ1n) is 6.76. The van der Waals surface area contributed by atoms with Gasteiger partial charge in [0.1, 0.15) is 0 Å². The molecule has 3 nitrogen and oxygen atoms in total. The SMILES string of the molecule is COCCC1(N)CCCN(Cc2ccccc2)C1. The standard InChI is InChI=1S/C15H24N2O/c1-18-11-9-15(16)8-5-10-17(13-15)12-14-6-3-2-4-7-14/h2-4,6-7H,5,8-13,16H2,1H3. The lowest BCUT2D eigenvalue weighted by Crippen LogP contribution is -2.54. The van der Waals surface area contributed by atoms with E-state index in [1.807, 2.05) is 0 Å². The van der Waals surface area contributed by atoms with E-state index < -0.39 is 0 Å². The van der Waals surface area contributed by atoms with Crippen LogP contribution in [0.2, 0.25) is 0 Å². The second-order valence-corrected chi connectivity index (χ2v) is 5.40. The lowest BCUT2D eigenvalue weighted by Gasteiger charge is -2.40. The van der Waals surface area contributed by atoms with Crippen LogP contribution >= 0.6 is 0 Å². The smallest absolute Gasteiger partial charge is 0.0480 e. The Morgan fingerprint density at radius 2 is 2.11 bits per heavy atom. The van der Waals surface area contributed by atoms with E-state index in [-0.39, 0.29) is 5.54 Å². The molecule has 1 aromatic rings. The first kappa shape index (κ1) is 13.5. The number of ether oxygens (including phenoxy) is 1. The molecule has 1 aliphatic rings. The highest BCUT2D eigenvalue weighted by Gasteiger charge is 2.30. The van der Waals surface area contributed by atoms with E-state index in [0.717, 1.165) is 39.1 Å². The van der Waals surface area contributed by atoms with Gasteiger partial charge in [-0.25, -0.2) is 0 Å². The maximum Gasteiger partial charge on any atom is 0.0480 e. The van der Waals surface area contributed by atoms with E-state index in [4.69, 9.17) is 10.5 Å². The first-order chi connectivity index (χ1) is 8.72. The zero-order valence-corrected chi connectivity index (χ0v) is 11.3. The van der Waals surface area contributed by atoms with Crippen LogP contribution in [0.5, 0.6) is 0 Å². The third kappa shape index (κ3) is 3.80. The van der Waals surface area contributed by atoms with Gasteiger partial charge in [0.15, 0.2) is 0 Å². The summed E-state index contributed by atoms with van der Waals surface area (Å²) >= 11 is 0. The molecule has 0 radical (unpaired) electrons. The number of rotatable bonds is 5. The van der Waals surface area contributed by atoms with Gasteiger partial charge in [-0.3, -0.25) is 4.90 Å². The second kappa shape index (κ2) is 6.32. The number of nitrogens with two attached hydrogens (primary N) is 1. The quantitative estimate of drug-likeness (QED) is 0.866. The molecule has 1 aliphatic heterocycles. The van der Waals surface area contributed by atoms with E-state index >= 15 is 0 Å². The van der Waals surface area contributed by atoms with Crippen LogP contribution in [0.4, 0.5) is 0 Å². The molecule has 0 spiro atoms. The molecule has 0 aromatic heterocycles. The third-order valence-corrected chi connectivity index (χ3v) is 3.74. The van der Waals surface area contributed by atoms with Crippen molar-refractivity contribution in [2.75, 3.05) is 26.8 Å². The molecule has 1 aromatic carbocycles. The van der Waals surface area contributed by atoms with Crippen molar-refractivity contribution in [2.45, 2.75) is 31.3 Å². The summed E-state index contributed by atoms with van der Waals surface area (Å²) in [5, 5.41) is 0. The Labute approximate surface area is 110 Å². The van der Waals surface area contributed by atoms with Gasteiger partial charge in [0.05, 0.1) is 0 Å². The predicted molar refractivity (Wildman–Crippen MR) is 74.4 cm³/mol. The summed E-state index contributed by atoms with van der Waals surface area (Å²) < 4.78 is 5.16. The average Bonchev–Trinajstić information content (AvgIpc) is 2.38. The molecule has 1 heterocycles. The van der Waals surface area contributed by atoms with Crippen molar-refractivity contribution in [3.63, 3.8) is 0 Å². The number of methoxy groups -OCH3 is 1. The van der Waals surface area contributed by atoms with Crippen LogP contribution < -0.4 is 5.73 Å². The molecule has 1 fully saturated rings. The molecule has 0 bridgehead atoms. The number of nitrogens with zero attached hydrogens (tertiary/aromatic N) is 1. The van der Waals surface area contributed by atoms with Gasteiger partial charge in [-0.2, -0.15) is 0 Å². The van der Waals surface area contributed by atoms with Crippen LogP contribution in [0.1, 0.15) is 24.8 Å². The molecule has 2 N–H and O–H groups in total. The van der Waals surface area contributed by atoms with Crippen molar-refractivity contribution < 1.29 is 4.74 Å². The molecule has 1 unspecified atom stereocenters. The summed E-state index contributed by atoms with van der Waals surface area (Å²) in [7, 11) is 1.74. The van der Waals surface area contributed by atoms with Crippen LogP contribution in [0.25, 0.3) is 0 Å². The highest BCUT2D eigenvalue weighted by Crippen LogP contribution is 2.23. The molecule has 0 aliphatic carbocycles. The monoisotopic (exact) mass is 248 g/mol. The normalized spacial score (nSPS) is 25.2. The molecule has 1 saturated heterocycles. The van der Waals surface area contributed by atoms with Gasteiger partial charge in [-0.15, -0.1) is 0 Å². The Bertz CT molecular complexity index is 355. The molecule has 18 heavy (non-hydrogen) atoms. The molecule has 0 amide bonds.